The second kappa shape index (κ2) is 52.6. The molecule has 0 aliphatic heterocycles. The van der Waals surface area contributed by atoms with Crippen molar-refractivity contribution in [1.29, 1.82) is 5.26 Å². The van der Waals surface area contributed by atoms with Crippen LogP contribution in [0.2, 0.25) is 5.02 Å². The van der Waals surface area contributed by atoms with Crippen LogP contribution in [0.25, 0.3) is 0 Å². The Morgan fingerprint density at radius 3 is 0.826 bits per heavy atom. The fourth-order valence-corrected chi connectivity index (χ4v) is 19.4. The van der Waals surface area contributed by atoms with Gasteiger partial charge < -0.3 is 29.2 Å². The second-order valence-corrected chi connectivity index (χ2v) is 34.7. The molecule has 11 nitrogen and oxygen atoms in total. The van der Waals surface area contributed by atoms with Crippen LogP contribution >= 0.6 is 27.5 Å². The van der Waals surface area contributed by atoms with Crippen molar-refractivity contribution < 1.29 is 52.7 Å². The Morgan fingerprint density at radius 2 is 0.569 bits per heavy atom. The summed E-state index contributed by atoms with van der Waals surface area (Å²) in [5.41, 5.74) is 10.9. The van der Waals surface area contributed by atoms with Gasteiger partial charge >= 0.3 is 17.9 Å². The highest BCUT2D eigenvalue weighted by molar-refractivity contribution is 9.09. The summed E-state index contributed by atoms with van der Waals surface area (Å²) in [7, 11) is 1.35. The zero-order chi connectivity index (χ0) is 101. The molecule has 0 radical (unpaired) electrons. The molecule has 14 heteroatoms. The predicted molar refractivity (Wildman–Crippen MR) is 578 cm³/mol. The van der Waals surface area contributed by atoms with Crippen LogP contribution < -0.4 is 0 Å². The van der Waals surface area contributed by atoms with E-state index < -0.39 is 57.3 Å². The Balaban J connectivity index is 0.000000145. The molecule has 0 spiro atoms. The highest BCUT2D eigenvalue weighted by Gasteiger charge is 2.55. The number of esters is 3. The number of methoxy groups -OCH3 is 1. The number of nitriles is 1. The van der Waals surface area contributed by atoms with Crippen molar-refractivity contribution in [2.45, 2.75) is 66.7 Å². The maximum atomic E-state index is 15.4. The van der Waals surface area contributed by atoms with Crippen molar-refractivity contribution in [2.24, 2.45) is 5.92 Å². The maximum absolute atomic E-state index is 15.4. The lowest BCUT2D eigenvalue weighted by atomic mass is 9.61. The SMILES string of the molecule is CCOC(=O)C(C(=O)OCC)C(c1ccccc1)(c1ccccc1)c1ccccc1F.CCOC(c1ccccc1)(c1ccccc1)c1ccccc1.COC(=O)c1ccc(C(O)(c2ccccc2)c2ccccc2)cc1.N#CCCC(c1ccccc1)(c1ccccc1)c1ccccc1.O=C(CBr)C(c1ccccc1)(c1ccccc1)c1ccccc1.OC(c1ccccc1)(c1ccccc1)c1ccc(Cl)cc1. The van der Waals surface area contributed by atoms with Gasteiger partial charge in [0.05, 0.1) is 42.7 Å². The van der Waals surface area contributed by atoms with Crippen LogP contribution in [0.3, 0.4) is 0 Å². The van der Waals surface area contributed by atoms with Crippen molar-refractivity contribution in [3.8, 4) is 6.07 Å². The van der Waals surface area contributed by atoms with Gasteiger partial charge in [0.2, 0.25) is 0 Å². The number of rotatable bonds is 30. The van der Waals surface area contributed by atoms with E-state index in [1.165, 1.54) is 29.9 Å². The van der Waals surface area contributed by atoms with Crippen LogP contribution in [0, 0.1) is 23.1 Å². The first-order chi connectivity index (χ1) is 70.5. The molecule has 0 amide bonds. The third kappa shape index (κ3) is 24.1. The number of ether oxygens (including phenoxy) is 4. The molecule has 144 heavy (non-hydrogen) atoms. The van der Waals surface area contributed by atoms with Gasteiger partial charge in [0, 0.05) is 29.0 Å². The molecule has 2 N–H and O–H groups in total. The van der Waals surface area contributed by atoms with Gasteiger partial charge in [-0.2, -0.15) is 5.26 Å². The van der Waals surface area contributed by atoms with Crippen LogP contribution in [0.1, 0.15) is 144 Å². The van der Waals surface area contributed by atoms with Gasteiger partial charge in [-0.05, 0) is 152 Å². The highest BCUT2D eigenvalue weighted by atomic mass is 79.9. The van der Waals surface area contributed by atoms with E-state index in [1.54, 1.807) is 117 Å². The molecule has 18 rings (SSSR count). The first kappa shape index (κ1) is 105. The fourth-order valence-electron chi connectivity index (χ4n) is 18.9. The summed E-state index contributed by atoms with van der Waals surface area (Å²) in [6, 6.07) is 172. The van der Waals surface area contributed by atoms with Crippen LogP contribution in [0.5, 0.6) is 0 Å². The van der Waals surface area contributed by atoms with Gasteiger partial charge in [-0.1, -0.05) is 525 Å². The average Bonchev–Trinajstić information content (AvgIpc) is 0.720. The molecular weight excluding hydrogens is 1870 g/mol. The zero-order valence-electron chi connectivity index (χ0n) is 80.8. The lowest BCUT2D eigenvalue weighted by Gasteiger charge is -2.40. The topological polar surface area (TPSA) is 169 Å². The molecule has 0 atom stereocenters. The highest BCUT2D eigenvalue weighted by Crippen LogP contribution is 2.50. The predicted octanol–water partition coefficient (Wildman–Crippen LogP) is 28.6. The number of carbonyl (C=O) groups excluding carboxylic acids is 4. The van der Waals surface area contributed by atoms with E-state index in [4.69, 9.17) is 30.5 Å². The van der Waals surface area contributed by atoms with Crippen LogP contribution in [-0.2, 0) is 66.4 Å². The Bertz CT molecular complexity index is 6540. The number of Topliss-reactive ketones (excluding diaryl/α,β-unsaturated/α-hetero) is 1. The minimum atomic E-state index is -1.49. The minimum absolute atomic E-state index is 0.0751. The first-order valence-corrected chi connectivity index (χ1v) is 49.4. The van der Waals surface area contributed by atoms with E-state index in [0.717, 1.165) is 67.6 Å². The third-order valence-corrected chi connectivity index (χ3v) is 26.2. The molecule has 0 bridgehead atoms. The number of aliphatic hydroxyl groups is 2. The Labute approximate surface area is 858 Å². The summed E-state index contributed by atoms with van der Waals surface area (Å²) >= 11 is 9.37. The summed E-state index contributed by atoms with van der Waals surface area (Å²) in [5.74, 6) is -3.79. The van der Waals surface area contributed by atoms with Crippen LogP contribution in [0.15, 0.2) is 528 Å². The third-order valence-electron chi connectivity index (χ3n) is 25.5. The molecule has 0 heterocycles. The van der Waals surface area contributed by atoms with E-state index in [1.807, 2.05) is 280 Å². The summed E-state index contributed by atoms with van der Waals surface area (Å²) in [6.07, 6.45) is 1.28. The smallest absolute Gasteiger partial charge is 0.337 e. The largest absolute Gasteiger partial charge is 0.465 e. The lowest BCUT2D eigenvalue weighted by molar-refractivity contribution is -0.164. The molecule has 0 saturated carbocycles. The summed E-state index contributed by atoms with van der Waals surface area (Å²) in [6.45, 7) is 6.16. The van der Waals surface area contributed by atoms with Gasteiger partial charge in [0.1, 0.15) is 28.0 Å². The molecule has 720 valence electrons. The maximum Gasteiger partial charge on any atom is 0.337 e. The number of ketones is 1. The van der Waals surface area contributed by atoms with Crippen molar-refractivity contribution in [2.75, 3.05) is 32.3 Å². The number of alkyl halides is 1. The van der Waals surface area contributed by atoms with Crippen LogP contribution in [-0.4, -0.2) is 66.2 Å². The van der Waals surface area contributed by atoms with Gasteiger partial charge in [0.15, 0.2) is 11.7 Å². The van der Waals surface area contributed by atoms with Crippen LogP contribution in [0.4, 0.5) is 4.39 Å². The molecule has 0 fully saturated rings. The number of halogens is 3. The van der Waals surface area contributed by atoms with Gasteiger partial charge in [-0.3, -0.25) is 14.4 Å². The standard InChI is InChI=1S/C26H25FO4.C22H19N.C21H17BrO.C21H18O3.C21H20O.C19H15ClO/c1-3-30-24(28)23(25(29)31-4-2)26(19-13-7-5-8-14-19,20-15-9-6-10-16-20)21-17-11-12-18-22(21)27;23-18-10-17-22(19-11-4-1-5-12-19,20-13-6-2-7-14-20)21-15-8-3-9-16-21;22-16-20(23)21(17-10-4-1-5-11-17,18-12-6-2-7-13-18)19-14-8-3-9-15-19;1-24-20(22)16-12-14-19(15-13-16)21(23,17-8-4-2-5-9-17)18-10-6-3-7-11-18;1-2-22-21(18-12-6-3-7-13-18,19-14-8-4-9-15-19)20-16-10-5-11-17-20;20-18-13-11-17(12-14-18)19(21,15-7-3-1-4-8-15)16-9-5-2-6-10-16/h5-18,23H,3-4H2,1-2H3;1-9,11-16H,10,17H2;1-15H,16H2;2-15,23H,1H3;3-17H,2H2,1H3;1-14,21H. The molecule has 0 saturated heterocycles. The van der Waals surface area contributed by atoms with E-state index in [2.05, 4.69) is 168 Å². The van der Waals surface area contributed by atoms with E-state index in [0.29, 0.717) is 45.6 Å². The molecule has 18 aromatic rings. The molecular formula is C130H114BrClFNO10. The fraction of sp³-hybridized carbons (Fsp3) is 0.131. The zero-order valence-corrected chi connectivity index (χ0v) is 83.1. The quantitative estimate of drug-likeness (QED) is 0.0144. The number of hydrogen-bond acceptors (Lipinski definition) is 11. The molecule has 18 aromatic carbocycles. The van der Waals surface area contributed by atoms with Crippen molar-refractivity contribution in [3.63, 3.8) is 0 Å². The van der Waals surface area contributed by atoms with Gasteiger partial charge in [-0.25, -0.2) is 9.18 Å². The second-order valence-electron chi connectivity index (χ2n) is 33.7. The Kier molecular flexibility index (Phi) is 38.5. The number of hydrogen-bond donors (Lipinski definition) is 2. The van der Waals surface area contributed by atoms with Gasteiger partial charge in [-0.15, -0.1) is 0 Å². The van der Waals surface area contributed by atoms with Crippen molar-refractivity contribution in [3.05, 3.63) is 644 Å². The summed E-state index contributed by atoms with van der Waals surface area (Å²) in [4.78, 5) is 51.4. The number of benzene rings is 18. The normalized spacial score (nSPS) is 11.2. The van der Waals surface area contributed by atoms with Crippen molar-refractivity contribution in [1.82, 2.24) is 0 Å². The summed E-state index contributed by atoms with van der Waals surface area (Å²) < 4.78 is 37.2. The lowest BCUT2D eigenvalue weighted by Crippen LogP contribution is -2.48. The van der Waals surface area contributed by atoms with E-state index in [-0.39, 0.29) is 30.0 Å². The van der Waals surface area contributed by atoms with Gasteiger partial charge in [0.25, 0.3) is 0 Å². The molecule has 0 unspecified atom stereocenters. The van der Waals surface area contributed by atoms with Crippen molar-refractivity contribution >= 4 is 51.2 Å². The minimum Gasteiger partial charge on any atom is -0.465 e. The first-order valence-electron chi connectivity index (χ1n) is 47.9. The summed E-state index contributed by atoms with van der Waals surface area (Å²) in [5, 5.41) is 33.2. The molecule has 0 aromatic heterocycles. The monoisotopic (exact) mass is 1980 g/mol. The van der Waals surface area contributed by atoms with E-state index in [9.17, 15) is 34.7 Å². The Hall–Kier alpha value is -15.9. The number of carbonyl (C=O) groups is 4. The van der Waals surface area contributed by atoms with E-state index >= 15 is 4.39 Å². The average molecular weight is 1980 g/mol. The molecule has 0 aliphatic rings. The Morgan fingerprint density at radius 1 is 0.326 bits per heavy atom. The number of nitrogens with zero attached hydrogens (tertiary/aromatic N) is 1. The molecule has 0 aliphatic carbocycles.